The van der Waals surface area contributed by atoms with Crippen LogP contribution in [-0.2, 0) is 4.79 Å². The summed E-state index contributed by atoms with van der Waals surface area (Å²) in [5, 5.41) is 2.91. The van der Waals surface area contributed by atoms with Crippen LogP contribution in [0.3, 0.4) is 0 Å². The quantitative estimate of drug-likeness (QED) is 0.590. The van der Waals surface area contributed by atoms with Crippen LogP contribution in [0.4, 0.5) is 5.69 Å². The number of likely N-dealkylation sites (N-methyl/N-ethyl adjacent to an activating group) is 1. The van der Waals surface area contributed by atoms with Gasteiger partial charge in [-0.1, -0.05) is 38.1 Å². The Kier molecular flexibility index (Phi) is 7.10. The van der Waals surface area contributed by atoms with Gasteiger partial charge in [0.25, 0.3) is 11.8 Å². The van der Waals surface area contributed by atoms with Crippen LogP contribution in [0.5, 0.6) is 5.75 Å². The fraction of sp³-hybridized carbons (Fsp3) is 0.240. The molecule has 0 aliphatic heterocycles. The van der Waals surface area contributed by atoms with Gasteiger partial charge in [0.05, 0.1) is 12.7 Å². The van der Waals surface area contributed by atoms with E-state index in [0.29, 0.717) is 22.9 Å². The highest BCUT2D eigenvalue weighted by Crippen LogP contribution is 2.26. The highest BCUT2D eigenvalue weighted by molar-refractivity contribution is 6.01. The average Bonchev–Trinajstić information content (AvgIpc) is 2.80. The average molecular weight is 434 g/mol. The molecule has 3 aromatic rings. The number of methoxy groups -OCH3 is 1. The minimum absolute atomic E-state index is 0.277. The third-order valence-electron chi connectivity index (χ3n) is 5.26. The van der Waals surface area contributed by atoms with Crippen molar-refractivity contribution in [2.45, 2.75) is 25.8 Å². The monoisotopic (exact) mass is 433 g/mol. The molecule has 0 fully saturated rings. The van der Waals surface area contributed by atoms with E-state index >= 15 is 0 Å². The number of H-pyrrole nitrogens is 1. The number of anilines is 1. The molecule has 0 spiro atoms. The molecule has 0 radical (unpaired) electrons. The number of hydrogen-bond donors (Lipinski definition) is 2. The van der Waals surface area contributed by atoms with E-state index in [1.54, 1.807) is 38.4 Å². The van der Waals surface area contributed by atoms with Gasteiger partial charge >= 0.3 is 0 Å². The molecule has 1 aromatic heterocycles. The zero-order valence-corrected chi connectivity index (χ0v) is 18.6. The molecule has 0 unspecified atom stereocenters. The van der Waals surface area contributed by atoms with E-state index in [-0.39, 0.29) is 17.0 Å². The van der Waals surface area contributed by atoms with Crippen molar-refractivity contribution in [1.82, 2.24) is 9.88 Å². The van der Waals surface area contributed by atoms with E-state index < -0.39 is 11.9 Å². The topological polar surface area (TPSA) is 91.5 Å². The Balaban J connectivity index is 1.91. The molecule has 0 aliphatic carbocycles. The molecule has 166 valence electrons. The lowest BCUT2D eigenvalue weighted by atomic mass is 10.0. The summed E-state index contributed by atoms with van der Waals surface area (Å²) in [6.07, 6.45) is 1.34. The van der Waals surface area contributed by atoms with Gasteiger partial charge in [-0.05, 0) is 47.4 Å². The first-order valence-corrected chi connectivity index (χ1v) is 10.3. The van der Waals surface area contributed by atoms with Gasteiger partial charge in [0, 0.05) is 25.0 Å². The highest BCUT2D eigenvalue weighted by Gasteiger charge is 2.29. The van der Waals surface area contributed by atoms with Crippen molar-refractivity contribution in [3.8, 4) is 5.75 Å². The minimum Gasteiger partial charge on any atom is -0.497 e. The molecule has 0 bridgehead atoms. The maximum Gasteiger partial charge on any atom is 0.256 e. The largest absolute Gasteiger partial charge is 0.497 e. The van der Waals surface area contributed by atoms with E-state index in [2.05, 4.69) is 24.1 Å². The van der Waals surface area contributed by atoms with Gasteiger partial charge in [0.15, 0.2) is 0 Å². The van der Waals surface area contributed by atoms with Crippen molar-refractivity contribution in [3.05, 3.63) is 93.9 Å². The number of carbonyl (C=O) groups excluding carboxylic acids is 2. The molecule has 0 aliphatic rings. The molecule has 0 saturated heterocycles. The second-order valence-corrected chi connectivity index (χ2v) is 7.80. The summed E-state index contributed by atoms with van der Waals surface area (Å²) in [6.45, 7) is 4.20. The number of hydrogen-bond acceptors (Lipinski definition) is 4. The number of aromatic nitrogens is 1. The first-order chi connectivity index (χ1) is 15.3. The number of aromatic amines is 1. The number of rotatable bonds is 7. The summed E-state index contributed by atoms with van der Waals surface area (Å²) in [6, 6.07) is 16.4. The number of ether oxygens (including phenoxy) is 1. The molecule has 1 atom stereocenters. The molecule has 7 nitrogen and oxygen atoms in total. The lowest BCUT2D eigenvalue weighted by Crippen LogP contribution is -2.38. The van der Waals surface area contributed by atoms with Gasteiger partial charge in [-0.25, -0.2) is 0 Å². The molecule has 2 amide bonds. The second-order valence-electron chi connectivity index (χ2n) is 7.80. The lowest BCUT2D eigenvalue weighted by molar-refractivity contribution is -0.120. The molecule has 2 N–H and O–H groups in total. The van der Waals surface area contributed by atoms with Crippen LogP contribution in [0.25, 0.3) is 0 Å². The van der Waals surface area contributed by atoms with Gasteiger partial charge in [0.2, 0.25) is 5.56 Å². The summed E-state index contributed by atoms with van der Waals surface area (Å²) < 4.78 is 5.21. The number of benzene rings is 2. The number of amides is 2. The van der Waals surface area contributed by atoms with Crippen LogP contribution in [0.1, 0.15) is 47.3 Å². The minimum atomic E-state index is -0.898. The zero-order valence-electron chi connectivity index (χ0n) is 18.6. The summed E-state index contributed by atoms with van der Waals surface area (Å²) in [5.74, 6) is 0.278. The van der Waals surface area contributed by atoms with Gasteiger partial charge in [0.1, 0.15) is 11.8 Å². The maximum atomic E-state index is 13.3. The fourth-order valence-corrected chi connectivity index (χ4v) is 3.36. The van der Waals surface area contributed by atoms with E-state index in [9.17, 15) is 14.4 Å². The van der Waals surface area contributed by atoms with Crippen molar-refractivity contribution in [2.24, 2.45) is 0 Å². The first kappa shape index (κ1) is 22.8. The lowest BCUT2D eigenvalue weighted by Gasteiger charge is -2.28. The van der Waals surface area contributed by atoms with Gasteiger partial charge < -0.3 is 19.9 Å². The third kappa shape index (κ3) is 5.24. The van der Waals surface area contributed by atoms with Crippen molar-refractivity contribution in [2.75, 3.05) is 19.5 Å². The molecule has 2 aromatic carbocycles. The normalized spacial score (nSPS) is 11.7. The Morgan fingerprint density at radius 3 is 2.09 bits per heavy atom. The number of pyridine rings is 1. The van der Waals surface area contributed by atoms with Crippen molar-refractivity contribution < 1.29 is 14.3 Å². The van der Waals surface area contributed by atoms with Crippen LogP contribution < -0.4 is 15.6 Å². The Hall–Kier alpha value is -3.87. The summed E-state index contributed by atoms with van der Waals surface area (Å²) in [4.78, 5) is 41.6. The van der Waals surface area contributed by atoms with Crippen LogP contribution in [0.2, 0.25) is 0 Å². The molecular weight excluding hydrogens is 406 g/mol. The van der Waals surface area contributed by atoms with Crippen LogP contribution in [-0.4, -0.2) is 35.9 Å². The van der Waals surface area contributed by atoms with E-state index in [1.165, 1.54) is 28.8 Å². The molecular formula is C25H27N3O4. The van der Waals surface area contributed by atoms with Crippen molar-refractivity contribution in [1.29, 1.82) is 0 Å². The van der Waals surface area contributed by atoms with Gasteiger partial charge in [-0.15, -0.1) is 0 Å². The third-order valence-corrected chi connectivity index (χ3v) is 5.26. The molecule has 32 heavy (non-hydrogen) atoms. The maximum absolute atomic E-state index is 13.3. The number of carbonyl (C=O) groups is 2. The summed E-state index contributed by atoms with van der Waals surface area (Å²) in [5.41, 5.74) is 2.41. The SMILES string of the molecule is COc1ccc([C@H](C(=O)Nc2ccc(C(C)C)cc2)N(C)C(=O)c2ccc(=O)[nH]c2)cc1. The summed E-state index contributed by atoms with van der Waals surface area (Å²) >= 11 is 0. The van der Waals surface area contributed by atoms with Crippen LogP contribution in [0.15, 0.2) is 71.7 Å². The highest BCUT2D eigenvalue weighted by atomic mass is 16.5. The summed E-state index contributed by atoms with van der Waals surface area (Å²) in [7, 11) is 3.12. The molecule has 7 heteroatoms. The Morgan fingerprint density at radius 1 is 0.938 bits per heavy atom. The number of nitrogens with one attached hydrogen (secondary N) is 2. The molecule has 3 rings (SSSR count). The first-order valence-electron chi connectivity index (χ1n) is 10.3. The Labute approximate surface area is 187 Å². The predicted molar refractivity (Wildman–Crippen MR) is 124 cm³/mol. The fourth-order valence-electron chi connectivity index (χ4n) is 3.36. The van der Waals surface area contributed by atoms with E-state index in [4.69, 9.17) is 4.74 Å². The van der Waals surface area contributed by atoms with E-state index in [0.717, 1.165) is 0 Å². The Morgan fingerprint density at radius 2 is 1.56 bits per heavy atom. The van der Waals surface area contributed by atoms with Gasteiger partial charge in [-0.3, -0.25) is 14.4 Å². The van der Waals surface area contributed by atoms with E-state index in [1.807, 2.05) is 24.3 Å². The Bertz CT molecular complexity index is 1110. The van der Waals surface area contributed by atoms with Crippen molar-refractivity contribution in [3.63, 3.8) is 0 Å². The van der Waals surface area contributed by atoms with Crippen LogP contribution >= 0.6 is 0 Å². The number of nitrogens with zero attached hydrogens (tertiary/aromatic N) is 1. The van der Waals surface area contributed by atoms with Gasteiger partial charge in [-0.2, -0.15) is 0 Å². The van der Waals surface area contributed by atoms with Crippen LogP contribution in [0, 0.1) is 0 Å². The molecule has 0 saturated carbocycles. The second kappa shape index (κ2) is 9.96. The standard InChI is InChI=1S/C25H27N3O4/c1-16(2)17-5-10-20(11-6-17)27-24(30)23(18-7-12-21(32-4)13-8-18)28(3)25(31)19-9-14-22(29)26-15-19/h5-16,23H,1-4H3,(H,26,29)(H,27,30)/t23-/m1/s1. The predicted octanol–water partition coefficient (Wildman–Crippen LogP) is 3.96. The van der Waals surface area contributed by atoms with Crippen molar-refractivity contribution >= 4 is 17.5 Å². The molecule has 1 heterocycles. The smallest absolute Gasteiger partial charge is 0.256 e. The zero-order chi connectivity index (χ0) is 23.3.